The summed E-state index contributed by atoms with van der Waals surface area (Å²) in [5.74, 6) is 0.632. The highest BCUT2D eigenvalue weighted by atomic mass is 35.5. The normalized spacial score (nSPS) is 11.1. The minimum atomic E-state index is 0.632. The van der Waals surface area contributed by atoms with Crippen LogP contribution in [0.2, 0.25) is 5.02 Å². The summed E-state index contributed by atoms with van der Waals surface area (Å²) < 4.78 is 1.73. The molecule has 5 heteroatoms. The predicted octanol–water partition coefficient (Wildman–Crippen LogP) is 2.67. The fraction of sp³-hybridized carbons (Fsp3) is 0.385. The molecule has 0 saturated carbocycles. The van der Waals surface area contributed by atoms with Gasteiger partial charge in [-0.15, -0.1) is 5.10 Å². The number of benzene rings is 1. The van der Waals surface area contributed by atoms with E-state index in [1.165, 1.54) is 0 Å². The van der Waals surface area contributed by atoms with Crippen LogP contribution in [0.4, 0.5) is 0 Å². The number of nitrogens with zero attached hydrogens (tertiary/aromatic N) is 3. The number of halogens is 1. The highest BCUT2D eigenvalue weighted by Crippen LogP contribution is 2.13. The Hall–Kier alpha value is -1.39. The summed E-state index contributed by atoms with van der Waals surface area (Å²) in [5.41, 5.74) is 1.85. The molecule has 0 atom stereocenters. The Balaban J connectivity index is 2.02. The lowest BCUT2D eigenvalue weighted by atomic mass is 10.2. The molecule has 0 aliphatic heterocycles. The first-order valence-electron chi connectivity index (χ1n) is 6.03. The topological polar surface area (TPSA) is 42.7 Å². The van der Waals surface area contributed by atoms with E-state index in [1.807, 2.05) is 30.5 Å². The van der Waals surface area contributed by atoms with E-state index in [4.69, 9.17) is 11.6 Å². The molecule has 18 heavy (non-hydrogen) atoms. The molecule has 0 aliphatic carbocycles. The zero-order chi connectivity index (χ0) is 13.0. The third-order valence-corrected chi connectivity index (χ3v) is 2.71. The molecule has 1 N–H and O–H groups in total. The highest BCUT2D eigenvalue weighted by Gasteiger charge is 2.03. The van der Waals surface area contributed by atoms with Crippen LogP contribution in [-0.2, 0) is 6.54 Å². The standard InChI is InChI=1S/C13H17ClN4/c1-10(2)7-15-8-12-9-18(17-16-12)13-5-3-4-11(14)6-13/h3-6,9-10,15H,7-8H2,1-2H3. The Bertz CT molecular complexity index is 507. The van der Waals surface area contributed by atoms with E-state index in [-0.39, 0.29) is 0 Å². The number of hydrogen-bond acceptors (Lipinski definition) is 3. The van der Waals surface area contributed by atoms with Gasteiger partial charge in [-0.1, -0.05) is 36.7 Å². The summed E-state index contributed by atoms with van der Waals surface area (Å²) in [5, 5.41) is 12.3. The summed E-state index contributed by atoms with van der Waals surface area (Å²) in [6.45, 7) is 6.06. The molecule has 0 spiro atoms. The second-order valence-electron chi connectivity index (χ2n) is 4.66. The van der Waals surface area contributed by atoms with Crippen LogP contribution < -0.4 is 5.32 Å². The van der Waals surface area contributed by atoms with Gasteiger partial charge in [-0.2, -0.15) is 0 Å². The van der Waals surface area contributed by atoms with E-state index in [9.17, 15) is 0 Å². The van der Waals surface area contributed by atoms with Gasteiger partial charge in [0.25, 0.3) is 0 Å². The first kappa shape index (κ1) is 13.1. The van der Waals surface area contributed by atoms with Gasteiger partial charge in [-0.3, -0.25) is 0 Å². The van der Waals surface area contributed by atoms with E-state index in [0.717, 1.165) is 24.5 Å². The summed E-state index contributed by atoms with van der Waals surface area (Å²) in [6.07, 6.45) is 1.92. The molecule has 1 aromatic heterocycles. The zero-order valence-electron chi connectivity index (χ0n) is 10.6. The molecule has 0 aliphatic rings. The van der Waals surface area contributed by atoms with Gasteiger partial charge in [-0.05, 0) is 30.7 Å². The van der Waals surface area contributed by atoms with Crippen LogP contribution >= 0.6 is 11.6 Å². The summed E-state index contributed by atoms with van der Waals surface area (Å²) in [4.78, 5) is 0. The van der Waals surface area contributed by atoms with Crippen LogP contribution in [0.25, 0.3) is 5.69 Å². The highest BCUT2D eigenvalue weighted by molar-refractivity contribution is 6.30. The maximum atomic E-state index is 5.95. The van der Waals surface area contributed by atoms with Crippen molar-refractivity contribution >= 4 is 11.6 Å². The first-order valence-corrected chi connectivity index (χ1v) is 6.41. The monoisotopic (exact) mass is 264 g/mol. The van der Waals surface area contributed by atoms with E-state index in [2.05, 4.69) is 29.5 Å². The van der Waals surface area contributed by atoms with Crippen molar-refractivity contribution in [2.24, 2.45) is 5.92 Å². The molecular weight excluding hydrogens is 248 g/mol. The molecule has 0 amide bonds. The largest absolute Gasteiger partial charge is 0.311 e. The number of nitrogens with one attached hydrogen (secondary N) is 1. The van der Waals surface area contributed by atoms with Gasteiger partial charge in [-0.25, -0.2) is 4.68 Å². The molecule has 1 heterocycles. The predicted molar refractivity (Wildman–Crippen MR) is 72.9 cm³/mol. The quantitative estimate of drug-likeness (QED) is 0.903. The molecule has 1 aromatic carbocycles. The Morgan fingerprint density at radius 2 is 2.22 bits per heavy atom. The fourth-order valence-electron chi connectivity index (χ4n) is 1.61. The molecule has 0 unspecified atom stereocenters. The van der Waals surface area contributed by atoms with Crippen molar-refractivity contribution in [2.75, 3.05) is 6.54 Å². The van der Waals surface area contributed by atoms with Crippen molar-refractivity contribution in [1.29, 1.82) is 0 Å². The van der Waals surface area contributed by atoms with Gasteiger partial charge in [0.2, 0.25) is 0 Å². The molecule has 2 aromatic rings. The van der Waals surface area contributed by atoms with Crippen LogP contribution in [0.15, 0.2) is 30.5 Å². The van der Waals surface area contributed by atoms with Gasteiger partial charge in [0.1, 0.15) is 0 Å². The molecule has 0 fully saturated rings. The molecule has 4 nitrogen and oxygen atoms in total. The molecule has 2 rings (SSSR count). The lowest BCUT2D eigenvalue weighted by molar-refractivity contribution is 0.548. The minimum absolute atomic E-state index is 0.632. The molecule has 0 saturated heterocycles. The first-order chi connectivity index (χ1) is 8.65. The second kappa shape index (κ2) is 5.98. The van der Waals surface area contributed by atoms with Crippen LogP contribution in [0.1, 0.15) is 19.5 Å². The smallest absolute Gasteiger partial charge is 0.0969 e. The van der Waals surface area contributed by atoms with E-state index in [0.29, 0.717) is 10.9 Å². The third kappa shape index (κ3) is 3.55. The number of hydrogen-bond donors (Lipinski definition) is 1. The molecule has 0 bridgehead atoms. The second-order valence-corrected chi connectivity index (χ2v) is 5.10. The Kier molecular flexibility index (Phi) is 4.33. The average molecular weight is 265 g/mol. The van der Waals surface area contributed by atoms with Crippen molar-refractivity contribution in [1.82, 2.24) is 20.3 Å². The van der Waals surface area contributed by atoms with Crippen LogP contribution in [0, 0.1) is 5.92 Å². The lowest BCUT2D eigenvalue weighted by Crippen LogP contribution is -2.19. The SMILES string of the molecule is CC(C)CNCc1cn(-c2cccc(Cl)c2)nn1. The van der Waals surface area contributed by atoms with Gasteiger partial charge >= 0.3 is 0 Å². The van der Waals surface area contributed by atoms with Crippen LogP contribution in [0.3, 0.4) is 0 Å². The van der Waals surface area contributed by atoms with Crippen molar-refractivity contribution in [3.8, 4) is 5.69 Å². The number of rotatable bonds is 5. The molecule has 96 valence electrons. The maximum absolute atomic E-state index is 5.95. The maximum Gasteiger partial charge on any atom is 0.0969 e. The summed E-state index contributed by atoms with van der Waals surface area (Å²) >= 11 is 5.95. The Morgan fingerprint density at radius 1 is 1.39 bits per heavy atom. The molecule has 0 radical (unpaired) electrons. The van der Waals surface area contributed by atoms with Gasteiger partial charge in [0.05, 0.1) is 17.6 Å². The Morgan fingerprint density at radius 3 is 2.94 bits per heavy atom. The van der Waals surface area contributed by atoms with Crippen molar-refractivity contribution in [3.05, 3.63) is 41.2 Å². The van der Waals surface area contributed by atoms with E-state index in [1.54, 1.807) is 4.68 Å². The lowest BCUT2D eigenvalue weighted by Gasteiger charge is -2.04. The van der Waals surface area contributed by atoms with Crippen molar-refractivity contribution in [2.45, 2.75) is 20.4 Å². The minimum Gasteiger partial charge on any atom is -0.311 e. The van der Waals surface area contributed by atoms with Gasteiger partial charge < -0.3 is 5.32 Å². The van der Waals surface area contributed by atoms with Crippen molar-refractivity contribution < 1.29 is 0 Å². The fourth-order valence-corrected chi connectivity index (χ4v) is 1.80. The summed E-state index contributed by atoms with van der Waals surface area (Å²) in [7, 11) is 0. The number of aromatic nitrogens is 3. The average Bonchev–Trinajstić information content (AvgIpc) is 2.77. The van der Waals surface area contributed by atoms with Crippen LogP contribution in [-0.4, -0.2) is 21.5 Å². The van der Waals surface area contributed by atoms with E-state index < -0.39 is 0 Å². The van der Waals surface area contributed by atoms with Gasteiger partial charge in [0.15, 0.2) is 0 Å². The zero-order valence-corrected chi connectivity index (χ0v) is 11.4. The van der Waals surface area contributed by atoms with Gasteiger partial charge in [0, 0.05) is 11.6 Å². The van der Waals surface area contributed by atoms with Crippen LogP contribution in [0.5, 0.6) is 0 Å². The van der Waals surface area contributed by atoms with E-state index >= 15 is 0 Å². The Labute approximate surface area is 112 Å². The molecular formula is C13H17ClN4. The van der Waals surface area contributed by atoms with Crippen molar-refractivity contribution in [3.63, 3.8) is 0 Å². The third-order valence-electron chi connectivity index (χ3n) is 2.47. The summed E-state index contributed by atoms with van der Waals surface area (Å²) in [6, 6.07) is 7.55.